The van der Waals surface area contributed by atoms with Crippen LogP contribution in [0, 0.1) is 0 Å². The molecule has 2 aromatic rings. The number of nitrogens with zero attached hydrogens (tertiary/aromatic N) is 2. The smallest absolute Gasteiger partial charge is 0.172 e. The van der Waals surface area contributed by atoms with E-state index in [9.17, 15) is 4.79 Å². The standard InChI is InChI=1S/C6H5N3O/c10-3-5-6-7-1-2-9(6)4-8-5/h1-4,7H. The maximum absolute atomic E-state index is 10.3. The highest BCUT2D eigenvalue weighted by atomic mass is 16.1. The van der Waals surface area contributed by atoms with Gasteiger partial charge in [-0.25, -0.2) is 4.98 Å². The molecular weight excluding hydrogens is 130 g/mol. The van der Waals surface area contributed by atoms with Gasteiger partial charge in [0.15, 0.2) is 6.29 Å². The third-order valence-electron chi connectivity index (χ3n) is 1.39. The fraction of sp³-hybridized carbons (Fsp3) is 0. The second kappa shape index (κ2) is 1.70. The van der Waals surface area contributed by atoms with Crippen molar-refractivity contribution in [2.45, 2.75) is 0 Å². The molecule has 2 rings (SSSR count). The van der Waals surface area contributed by atoms with Crippen molar-refractivity contribution in [2.24, 2.45) is 0 Å². The Morgan fingerprint density at radius 2 is 2.60 bits per heavy atom. The van der Waals surface area contributed by atoms with Crippen LogP contribution in [0.2, 0.25) is 0 Å². The molecule has 2 aromatic heterocycles. The molecule has 0 aliphatic heterocycles. The molecule has 0 saturated carbocycles. The number of aldehydes is 1. The van der Waals surface area contributed by atoms with Crippen LogP contribution in [-0.4, -0.2) is 20.7 Å². The Labute approximate surface area is 56.5 Å². The molecule has 0 amide bonds. The Balaban J connectivity index is 2.88. The van der Waals surface area contributed by atoms with Crippen LogP contribution in [0.25, 0.3) is 5.65 Å². The Kier molecular flexibility index (Phi) is 0.887. The third kappa shape index (κ3) is 0.500. The van der Waals surface area contributed by atoms with Gasteiger partial charge in [-0.15, -0.1) is 0 Å². The minimum Gasteiger partial charge on any atom is -0.344 e. The van der Waals surface area contributed by atoms with Crippen molar-refractivity contribution in [3.8, 4) is 0 Å². The molecule has 2 heterocycles. The minimum atomic E-state index is 0.449. The number of hydrogen-bond donors (Lipinski definition) is 1. The lowest BCUT2D eigenvalue weighted by Gasteiger charge is -1.77. The zero-order chi connectivity index (χ0) is 6.97. The van der Waals surface area contributed by atoms with E-state index in [4.69, 9.17) is 0 Å². The molecule has 0 aliphatic rings. The zero-order valence-corrected chi connectivity index (χ0v) is 5.11. The van der Waals surface area contributed by atoms with E-state index in [1.807, 2.05) is 0 Å². The highest BCUT2D eigenvalue weighted by Crippen LogP contribution is 2.02. The maximum Gasteiger partial charge on any atom is 0.172 e. The van der Waals surface area contributed by atoms with Crippen LogP contribution in [0.4, 0.5) is 0 Å². The van der Waals surface area contributed by atoms with Gasteiger partial charge < -0.3 is 4.98 Å². The van der Waals surface area contributed by atoms with Crippen LogP contribution in [0.15, 0.2) is 18.7 Å². The summed E-state index contributed by atoms with van der Waals surface area (Å²) in [5.41, 5.74) is 1.19. The molecule has 10 heavy (non-hydrogen) atoms. The highest BCUT2D eigenvalue weighted by molar-refractivity contribution is 5.81. The van der Waals surface area contributed by atoms with E-state index in [0.717, 1.165) is 11.9 Å². The molecule has 0 atom stereocenters. The van der Waals surface area contributed by atoms with Gasteiger partial charge in [-0.1, -0.05) is 0 Å². The number of imidazole rings is 2. The first-order valence-electron chi connectivity index (χ1n) is 2.87. The van der Waals surface area contributed by atoms with Gasteiger partial charge in [-0.05, 0) is 0 Å². The van der Waals surface area contributed by atoms with Gasteiger partial charge in [-0.2, -0.15) is 0 Å². The van der Waals surface area contributed by atoms with Crippen molar-refractivity contribution in [1.82, 2.24) is 14.4 Å². The summed E-state index contributed by atoms with van der Waals surface area (Å²) in [5, 5.41) is 0. The predicted molar refractivity (Wildman–Crippen MR) is 34.9 cm³/mol. The fourth-order valence-corrected chi connectivity index (χ4v) is 0.920. The van der Waals surface area contributed by atoms with Crippen LogP contribution < -0.4 is 0 Å². The topological polar surface area (TPSA) is 50.2 Å². The van der Waals surface area contributed by atoms with E-state index in [1.165, 1.54) is 0 Å². The molecule has 0 radical (unpaired) electrons. The first-order chi connectivity index (χ1) is 4.92. The molecule has 0 aromatic carbocycles. The van der Waals surface area contributed by atoms with Crippen molar-refractivity contribution < 1.29 is 4.79 Å². The Morgan fingerprint density at radius 1 is 1.70 bits per heavy atom. The van der Waals surface area contributed by atoms with Crippen molar-refractivity contribution >= 4 is 11.9 Å². The molecule has 0 spiro atoms. The second-order valence-electron chi connectivity index (χ2n) is 1.96. The largest absolute Gasteiger partial charge is 0.344 e. The van der Waals surface area contributed by atoms with Crippen LogP contribution in [0.5, 0.6) is 0 Å². The van der Waals surface area contributed by atoms with Gasteiger partial charge in [0, 0.05) is 12.4 Å². The number of aromatic nitrogens is 3. The number of hydrogen-bond acceptors (Lipinski definition) is 2. The van der Waals surface area contributed by atoms with E-state index in [1.54, 1.807) is 23.1 Å². The Bertz CT molecular complexity index is 360. The maximum atomic E-state index is 10.3. The molecule has 4 heteroatoms. The molecule has 0 saturated heterocycles. The molecule has 0 unspecified atom stereocenters. The summed E-state index contributed by atoms with van der Waals surface area (Å²) in [5.74, 6) is 0. The summed E-state index contributed by atoms with van der Waals surface area (Å²) in [6, 6.07) is 0. The monoisotopic (exact) mass is 135 g/mol. The highest BCUT2D eigenvalue weighted by Gasteiger charge is 2.00. The molecule has 0 aliphatic carbocycles. The average Bonchev–Trinajstić information content (AvgIpc) is 2.44. The molecule has 50 valence electrons. The number of fused-ring (bicyclic) bond motifs is 1. The number of rotatable bonds is 1. The van der Waals surface area contributed by atoms with Crippen LogP contribution in [0.3, 0.4) is 0 Å². The summed E-state index contributed by atoms with van der Waals surface area (Å²) >= 11 is 0. The third-order valence-corrected chi connectivity index (χ3v) is 1.39. The van der Waals surface area contributed by atoms with Crippen molar-refractivity contribution in [2.75, 3.05) is 0 Å². The van der Waals surface area contributed by atoms with Gasteiger partial charge in [0.1, 0.15) is 17.7 Å². The number of carbonyl (C=O) groups excluding carboxylic acids is 1. The Morgan fingerprint density at radius 3 is 3.40 bits per heavy atom. The molecular formula is C6H5N3O. The second-order valence-corrected chi connectivity index (χ2v) is 1.96. The lowest BCUT2D eigenvalue weighted by atomic mass is 10.5. The van der Waals surface area contributed by atoms with Crippen molar-refractivity contribution in [3.63, 3.8) is 0 Å². The predicted octanol–water partition coefficient (Wildman–Crippen LogP) is 0.475. The summed E-state index contributed by atoms with van der Waals surface area (Å²) in [4.78, 5) is 17.0. The van der Waals surface area contributed by atoms with E-state index < -0.39 is 0 Å². The van der Waals surface area contributed by atoms with Gasteiger partial charge in [0.2, 0.25) is 0 Å². The average molecular weight is 135 g/mol. The van der Waals surface area contributed by atoms with E-state index in [2.05, 4.69) is 9.97 Å². The zero-order valence-electron chi connectivity index (χ0n) is 5.11. The summed E-state index contributed by atoms with van der Waals surface area (Å²) < 4.78 is 1.75. The van der Waals surface area contributed by atoms with E-state index in [-0.39, 0.29) is 0 Å². The number of H-pyrrole nitrogens is 1. The van der Waals surface area contributed by atoms with Crippen LogP contribution in [-0.2, 0) is 0 Å². The summed E-state index contributed by atoms with van der Waals surface area (Å²) in [6.07, 6.45) is 5.88. The molecule has 4 nitrogen and oxygen atoms in total. The van der Waals surface area contributed by atoms with E-state index in [0.29, 0.717) is 5.69 Å². The molecule has 1 N–H and O–H groups in total. The van der Waals surface area contributed by atoms with Gasteiger partial charge in [0.25, 0.3) is 0 Å². The summed E-state index contributed by atoms with van der Waals surface area (Å²) in [7, 11) is 0. The van der Waals surface area contributed by atoms with Crippen LogP contribution in [0.1, 0.15) is 10.5 Å². The van der Waals surface area contributed by atoms with E-state index >= 15 is 0 Å². The fourth-order valence-electron chi connectivity index (χ4n) is 0.920. The first kappa shape index (κ1) is 5.22. The minimum absolute atomic E-state index is 0.449. The van der Waals surface area contributed by atoms with Crippen molar-refractivity contribution in [1.29, 1.82) is 0 Å². The summed E-state index contributed by atoms with van der Waals surface area (Å²) in [6.45, 7) is 0. The lowest BCUT2D eigenvalue weighted by molar-refractivity contribution is 0.112. The number of aromatic amines is 1. The van der Waals surface area contributed by atoms with Gasteiger partial charge >= 0.3 is 0 Å². The SMILES string of the molecule is O=Cc1ncn2cc[nH]c12. The lowest BCUT2D eigenvalue weighted by Crippen LogP contribution is -1.79. The van der Waals surface area contributed by atoms with Crippen LogP contribution >= 0.6 is 0 Å². The molecule has 0 bridgehead atoms. The number of carbonyl (C=O) groups is 1. The first-order valence-corrected chi connectivity index (χ1v) is 2.87. The number of nitrogens with one attached hydrogen (secondary N) is 1. The van der Waals surface area contributed by atoms with Gasteiger partial charge in [-0.3, -0.25) is 9.20 Å². The van der Waals surface area contributed by atoms with Crippen molar-refractivity contribution in [3.05, 3.63) is 24.4 Å². The normalized spacial score (nSPS) is 10.4. The quantitative estimate of drug-likeness (QED) is 0.578. The van der Waals surface area contributed by atoms with Gasteiger partial charge in [0.05, 0.1) is 0 Å². The Hall–Kier alpha value is -1.58. The molecule has 0 fully saturated rings.